The van der Waals surface area contributed by atoms with Crippen molar-refractivity contribution in [2.75, 3.05) is 13.1 Å². The summed E-state index contributed by atoms with van der Waals surface area (Å²) >= 11 is 0. The van der Waals surface area contributed by atoms with Crippen LogP contribution in [0.3, 0.4) is 0 Å². The monoisotopic (exact) mass is 264 g/mol. The highest BCUT2D eigenvalue weighted by atomic mass is 15.1. The number of allylic oxidation sites excluding steroid dienone is 2. The fraction of sp³-hybridized carbons (Fsp3) is 0.333. The van der Waals surface area contributed by atoms with Crippen LogP contribution in [0, 0.1) is 5.92 Å². The summed E-state index contributed by atoms with van der Waals surface area (Å²) in [5.74, 6) is 0.517. The maximum absolute atomic E-state index is 4.44. The molecule has 3 aliphatic rings. The predicted molar refractivity (Wildman–Crippen MR) is 84.5 cm³/mol. The zero-order valence-electron chi connectivity index (χ0n) is 11.9. The molecule has 1 saturated heterocycles. The first-order chi connectivity index (χ1) is 9.78. The number of rotatable bonds is 0. The van der Waals surface area contributed by atoms with Gasteiger partial charge in [-0.15, -0.1) is 0 Å². The minimum Gasteiger partial charge on any atom is -0.355 e. The molecule has 2 bridgehead atoms. The number of nitrogens with zero attached hydrogens (tertiary/aromatic N) is 1. The quantitative estimate of drug-likeness (QED) is 0.713. The molecule has 1 aromatic heterocycles. The van der Waals surface area contributed by atoms with Crippen molar-refractivity contribution in [3.63, 3.8) is 0 Å². The molecule has 1 fully saturated rings. The van der Waals surface area contributed by atoms with Crippen molar-refractivity contribution in [1.82, 2.24) is 9.88 Å². The summed E-state index contributed by atoms with van der Waals surface area (Å²) in [5, 5.41) is 1.36. The number of aromatic nitrogens is 1. The van der Waals surface area contributed by atoms with E-state index < -0.39 is 0 Å². The highest BCUT2D eigenvalue weighted by Crippen LogP contribution is 2.40. The molecule has 0 spiro atoms. The highest BCUT2D eigenvalue weighted by Gasteiger charge is 2.31. The van der Waals surface area contributed by atoms with E-state index >= 15 is 0 Å². The van der Waals surface area contributed by atoms with Gasteiger partial charge in [-0.05, 0) is 37.1 Å². The van der Waals surface area contributed by atoms with Crippen LogP contribution >= 0.6 is 0 Å². The van der Waals surface area contributed by atoms with Crippen LogP contribution in [0.2, 0.25) is 0 Å². The average Bonchev–Trinajstić information content (AvgIpc) is 2.83. The van der Waals surface area contributed by atoms with E-state index in [1.54, 1.807) is 0 Å². The average molecular weight is 264 g/mol. The Bertz CT molecular complexity index is 720. The third kappa shape index (κ3) is 1.61. The lowest BCUT2D eigenvalue weighted by atomic mass is 9.81. The summed E-state index contributed by atoms with van der Waals surface area (Å²) < 4.78 is 0. The van der Waals surface area contributed by atoms with Crippen LogP contribution in [0.15, 0.2) is 42.5 Å². The molecule has 20 heavy (non-hydrogen) atoms. The topological polar surface area (TPSA) is 19.0 Å². The molecule has 0 radical (unpaired) electrons. The van der Waals surface area contributed by atoms with E-state index in [0.29, 0.717) is 5.92 Å². The standard InChI is InChI=1S/C18H20N2/c1-3-13-10-20-9-8-14(13)12(2)18-16(11-20)15-6-4-5-7-17(15)19-18/h3-7,14,19H,2,8-11H2,1H3/b13-3+. The van der Waals surface area contributed by atoms with Gasteiger partial charge in [0, 0.05) is 35.6 Å². The maximum Gasteiger partial charge on any atom is 0.0469 e. The Kier molecular flexibility index (Phi) is 2.61. The normalized spacial score (nSPS) is 27.6. The number of fused-ring (bicyclic) bond motifs is 3. The fourth-order valence-electron chi connectivity index (χ4n) is 3.81. The number of hydrogen-bond acceptors (Lipinski definition) is 1. The van der Waals surface area contributed by atoms with Gasteiger partial charge in [0.25, 0.3) is 0 Å². The number of H-pyrrole nitrogens is 1. The van der Waals surface area contributed by atoms with Crippen molar-refractivity contribution in [3.8, 4) is 0 Å². The second-order valence-electron chi connectivity index (χ2n) is 5.96. The van der Waals surface area contributed by atoms with E-state index in [9.17, 15) is 0 Å². The Labute approximate surface area is 119 Å². The van der Waals surface area contributed by atoms with Crippen LogP contribution in [0.25, 0.3) is 16.5 Å². The molecule has 1 N–H and O–H groups in total. The lowest BCUT2D eigenvalue weighted by molar-refractivity contribution is 0.238. The Morgan fingerprint density at radius 3 is 3.00 bits per heavy atom. The number of nitrogens with one attached hydrogen (secondary N) is 1. The van der Waals surface area contributed by atoms with E-state index in [4.69, 9.17) is 0 Å². The van der Waals surface area contributed by atoms with Crippen molar-refractivity contribution in [3.05, 3.63) is 53.8 Å². The molecule has 2 heteroatoms. The number of piperidine rings is 1. The van der Waals surface area contributed by atoms with Crippen LogP contribution in [0.1, 0.15) is 24.6 Å². The Balaban J connectivity index is 1.95. The van der Waals surface area contributed by atoms with E-state index in [1.807, 2.05) is 0 Å². The first-order valence-corrected chi connectivity index (χ1v) is 7.44. The molecule has 2 aromatic rings. The van der Waals surface area contributed by atoms with Crippen molar-refractivity contribution >= 4 is 16.5 Å². The third-order valence-corrected chi connectivity index (χ3v) is 4.90. The first-order valence-electron chi connectivity index (χ1n) is 7.44. The summed E-state index contributed by atoms with van der Waals surface area (Å²) in [4.78, 5) is 6.18. The van der Waals surface area contributed by atoms with Crippen LogP contribution in [0.5, 0.6) is 0 Å². The van der Waals surface area contributed by atoms with Gasteiger partial charge in [-0.3, -0.25) is 4.90 Å². The van der Waals surface area contributed by atoms with Crippen LogP contribution in [-0.4, -0.2) is 23.0 Å². The van der Waals surface area contributed by atoms with E-state index in [0.717, 1.165) is 13.1 Å². The van der Waals surface area contributed by atoms with Gasteiger partial charge in [-0.25, -0.2) is 0 Å². The van der Waals surface area contributed by atoms with Gasteiger partial charge in [0.1, 0.15) is 0 Å². The number of aromatic amines is 1. The summed E-state index contributed by atoms with van der Waals surface area (Å²) in [6, 6.07) is 8.62. The van der Waals surface area contributed by atoms with Crippen molar-refractivity contribution in [2.45, 2.75) is 19.9 Å². The molecule has 102 valence electrons. The van der Waals surface area contributed by atoms with E-state index in [1.165, 1.54) is 46.3 Å². The lowest BCUT2D eigenvalue weighted by Gasteiger charge is -2.38. The maximum atomic E-state index is 4.44. The molecule has 1 aromatic carbocycles. The summed E-state index contributed by atoms with van der Waals surface area (Å²) in [5.41, 5.74) is 6.77. The van der Waals surface area contributed by atoms with E-state index in [-0.39, 0.29) is 0 Å². The molecule has 4 heterocycles. The molecule has 2 atom stereocenters. The van der Waals surface area contributed by atoms with Crippen LogP contribution in [-0.2, 0) is 6.54 Å². The molecular formula is C18H20N2. The largest absolute Gasteiger partial charge is 0.355 e. The van der Waals surface area contributed by atoms with Crippen molar-refractivity contribution in [2.24, 2.45) is 5.92 Å². The highest BCUT2D eigenvalue weighted by molar-refractivity contribution is 5.89. The smallest absolute Gasteiger partial charge is 0.0469 e. The Morgan fingerprint density at radius 1 is 1.30 bits per heavy atom. The zero-order valence-corrected chi connectivity index (χ0v) is 11.9. The first kappa shape index (κ1) is 12.0. The molecule has 0 saturated carbocycles. The van der Waals surface area contributed by atoms with Gasteiger partial charge in [0.2, 0.25) is 0 Å². The van der Waals surface area contributed by atoms with Gasteiger partial charge < -0.3 is 4.98 Å². The second kappa shape index (κ2) is 4.35. The molecule has 0 aliphatic carbocycles. The fourth-order valence-corrected chi connectivity index (χ4v) is 3.81. The molecule has 0 amide bonds. The van der Waals surface area contributed by atoms with Crippen molar-refractivity contribution < 1.29 is 0 Å². The van der Waals surface area contributed by atoms with Gasteiger partial charge >= 0.3 is 0 Å². The summed E-state index contributed by atoms with van der Waals surface area (Å²) in [6.45, 7) is 9.90. The van der Waals surface area contributed by atoms with Crippen LogP contribution < -0.4 is 0 Å². The summed E-state index contributed by atoms with van der Waals surface area (Å²) in [7, 11) is 0. The predicted octanol–water partition coefficient (Wildman–Crippen LogP) is 3.96. The van der Waals surface area contributed by atoms with Gasteiger partial charge in [-0.1, -0.05) is 36.4 Å². The third-order valence-electron chi connectivity index (χ3n) is 4.90. The number of para-hydroxylation sites is 1. The van der Waals surface area contributed by atoms with Crippen LogP contribution in [0.4, 0.5) is 0 Å². The van der Waals surface area contributed by atoms with E-state index in [2.05, 4.69) is 53.7 Å². The lowest BCUT2D eigenvalue weighted by Crippen LogP contribution is -2.37. The number of hydrogen-bond donors (Lipinski definition) is 1. The SMILES string of the molecule is C=C1c2[nH]c3ccccc3c2CN2CCC1/C(=C/C)C2. The Morgan fingerprint density at radius 2 is 2.15 bits per heavy atom. The number of benzene rings is 1. The molecular weight excluding hydrogens is 244 g/mol. The van der Waals surface area contributed by atoms with Gasteiger partial charge in [-0.2, -0.15) is 0 Å². The molecule has 2 unspecified atom stereocenters. The Hall–Kier alpha value is -1.80. The minimum atomic E-state index is 0.517. The summed E-state index contributed by atoms with van der Waals surface area (Å²) in [6.07, 6.45) is 3.49. The van der Waals surface area contributed by atoms with Gasteiger partial charge in [0.05, 0.1) is 0 Å². The molecule has 2 nitrogen and oxygen atoms in total. The molecule has 3 aliphatic heterocycles. The second-order valence-corrected chi connectivity index (χ2v) is 5.96. The van der Waals surface area contributed by atoms with Gasteiger partial charge in [0.15, 0.2) is 0 Å². The minimum absolute atomic E-state index is 0.517. The molecule has 5 rings (SSSR count). The van der Waals surface area contributed by atoms with Crippen molar-refractivity contribution in [1.29, 1.82) is 0 Å². The zero-order chi connectivity index (χ0) is 13.7.